The molecule has 0 radical (unpaired) electrons. The van der Waals surface area contributed by atoms with Crippen LogP contribution in [0.2, 0.25) is 0 Å². The summed E-state index contributed by atoms with van der Waals surface area (Å²) >= 11 is 1.74. The fourth-order valence-electron chi connectivity index (χ4n) is 1.71. The number of rotatable bonds is 5. The average Bonchev–Trinajstić information content (AvgIpc) is 2.72. The Morgan fingerprint density at radius 3 is 3.06 bits per heavy atom. The zero-order valence-electron chi connectivity index (χ0n) is 9.56. The number of aryl methyl sites for hydroxylation is 1. The maximum Gasteiger partial charge on any atom is 0.190 e. The van der Waals surface area contributed by atoms with Crippen LogP contribution in [-0.4, -0.2) is 46.3 Å². The summed E-state index contributed by atoms with van der Waals surface area (Å²) in [5, 5.41) is 12.4. The number of nitrogens with one attached hydrogen (secondary N) is 1. The zero-order chi connectivity index (χ0) is 11.2. The summed E-state index contributed by atoms with van der Waals surface area (Å²) in [5.74, 6) is 1.03. The van der Waals surface area contributed by atoms with E-state index in [1.54, 1.807) is 18.1 Å². The van der Waals surface area contributed by atoms with Gasteiger partial charge in [0, 0.05) is 38.6 Å². The smallest absolute Gasteiger partial charge is 0.190 e. The van der Waals surface area contributed by atoms with Gasteiger partial charge in [-0.15, -0.1) is 10.2 Å². The lowest BCUT2D eigenvalue weighted by Crippen LogP contribution is -2.36. The molecule has 0 amide bonds. The highest BCUT2D eigenvalue weighted by Crippen LogP contribution is 2.12. The number of nitrogens with zero attached hydrogens (tertiary/aromatic N) is 3. The van der Waals surface area contributed by atoms with Gasteiger partial charge in [0.05, 0.1) is 0 Å². The maximum atomic E-state index is 5.31. The van der Waals surface area contributed by atoms with Crippen molar-refractivity contribution in [1.82, 2.24) is 20.1 Å². The van der Waals surface area contributed by atoms with Crippen molar-refractivity contribution < 1.29 is 4.74 Å². The van der Waals surface area contributed by atoms with Crippen molar-refractivity contribution in [2.24, 2.45) is 7.05 Å². The standard InChI is InChI=1S/C10H18N4OS/c1-14-8-12-13-10(14)16-7-4-11-9-2-5-15-6-3-9/h8-9,11H,2-7H2,1H3. The molecule has 1 N–H and O–H groups in total. The average molecular weight is 242 g/mol. The first-order valence-electron chi connectivity index (χ1n) is 5.64. The number of hydrogen-bond acceptors (Lipinski definition) is 5. The van der Waals surface area contributed by atoms with Gasteiger partial charge >= 0.3 is 0 Å². The van der Waals surface area contributed by atoms with E-state index in [1.807, 2.05) is 11.6 Å². The van der Waals surface area contributed by atoms with Gasteiger partial charge in [-0.3, -0.25) is 0 Å². The predicted molar refractivity (Wildman–Crippen MR) is 63.6 cm³/mol. The predicted octanol–water partition coefficient (Wildman–Crippen LogP) is 0.676. The molecule has 1 fully saturated rings. The van der Waals surface area contributed by atoms with E-state index < -0.39 is 0 Å². The highest BCUT2D eigenvalue weighted by atomic mass is 32.2. The van der Waals surface area contributed by atoms with E-state index in [1.165, 1.54) is 0 Å². The molecule has 1 aliphatic heterocycles. The molecule has 90 valence electrons. The normalized spacial score (nSPS) is 17.8. The number of thioether (sulfide) groups is 1. The zero-order valence-corrected chi connectivity index (χ0v) is 10.4. The van der Waals surface area contributed by atoms with E-state index >= 15 is 0 Å². The SMILES string of the molecule is Cn1cnnc1SCCNC1CCOCC1. The van der Waals surface area contributed by atoms with E-state index in [-0.39, 0.29) is 0 Å². The molecule has 0 aromatic carbocycles. The van der Waals surface area contributed by atoms with Gasteiger partial charge in [-0.2, -0.15) is 0 Å². The minimum Gasteiger partial charge on any atom is -0.381 e. The van der Waals surface area contributed by atoms with Crippen molar-refractivity contribution in [2.45, 2.75) is 24.0 Å². The molecule has 2 rings (SSSR count). The Labute approximate surface area is 100.0 Å². The molecule has 0 atom stereocenters. The summed E-state index contributed by atoms with van der Waals surface area (Å²) in [7, 11) is 1.97. The van der Waals surface area contributed by atoms with Crippen molar-refractivity contribution >= 4 is 11.8 Å². The van der Waals surface area contributed by atoms with Crippen LogP contribution >= 0.6 is 11.8 Å². The summed E-state index contributed by atoms with van der Waals surface area (Å²) in [6, 6.07) is 0.633. The molecule has 1 aliphatic rings. The Balaban J connectivity index is 1.59. The second-order valence-electron chi connectivity index (χ2n) is 3.91. The molecule has 0 unspecified atom stereocenters. The van der Waals surface area contributed by atoms with Crippen LogP contribution < -0.4 is 5.32 Å². The van der Waals surface area contributed by atoms with Gasteiger partial charge < -0.3 is 14.6 Å². The molecule has 5 nitrogen and oxygen atoms in total. The van der Waals surface area contributed by atoms with E-state index in [0.717, 1.165) is 43.5 Å². The van der Waals surface area contributed by atoms with Crippen LogP contribution in [-0.2, 0) is 11.8 Å². The minimum absolute atomic E-state index is 0.633. The summed E-state index contributed by atoms with van der Waals surface area (Å²) in [5.41, 5.74) is 0. The van der Waals surface area contributed by atoms with Crippen LogP contribution in [0.3, 0.4) is 0 Å². The second-order valence-corrected chi connectivity index (χ2v) is 4.98. The van der Waals surface area contributed by atoms with Crippen LogP contribution in [0.15, 0.2) is 11.5 Å². The summed E-state index contributed by atoms with van der Waals surface area (Å²) < 4.78 is 7.26. The number of hydrogen-bond donors (Lipinski definition) is 1. The molecule has 2 heterocycles. The molecule has 16 heavy (non-hydrogen) atoms. The molecule has 0 saturated carbocycles. The largest absolute Gasteiger partial charge is 0.381 e. The van der Waals surface area contributed by atoms with Gasteiger partial charge in [0.25, 0.3) is 0 Å². The quantitative estimate of drug-likeness (QED) is 0.608. The topological polar surface area (TPSA) is 52.0 Å². The van der Waals surface area contributed by atoms with E-state index in [0.29, 0.717) is 6.04 Å². The van der Waals surface area contributed by atoms with Gasteiger partial charge in [0.15, 0.2) is 5.16 Å². The number of ether oxygens (including phenoxy) is 1. The molecule has 0 bridgehead atoms. The molecule has 1 aromatic rings. The first kappa shape index (κ1) is 11.9. The molecular formula is C10H18N4OS. The Morgan fingerprint density at radius 2 is 2.38 bits per heavy atom. The first-order chi connectivity index (χ1) is 7.86. The Kier molecular flexibility index (Phi) is 4.62. The molecule has 1 aromatic heterocycles. The molecule has 0 spiro atoms. The number of aromatic nitrogens is 3. The van der Waals surface area contributed by atoms with Crippen molar-refractivity contribution in [2.75, 3.05) is 25.5 Å². The molecular weight excluding hydrogens is 224 g/mol. The van der Waals surface area contributed by atoms with E-state index in [9.17, 15) is 0 Å². The Bertz CT molecular complexity index is 312. The van der Waals surface area contributed by atoms with Crippen LogP contribution in [0.5, 0.6) is 0 Å². The monoisotopic (exact) mass is 242 g/mol. The maximum absolute atomic E-state index is 5.31. The Morgan fingerprint density at radius 1 is 1.56 bits per heavy atom. The fraction of sp³-hybridized carbons (Fsp3) is 0.800. The van der Waals surface area contributed by atoms with Crippen LogP contribution in [0.1, 0.15) is 12.8 Å². The van der Waals surface area contributed by atoms with Gasteiger partial charge in [0.1, 0.15) is 6.33 Å². The van der Waals surface area contributed by atoms with Crippen molar-refractivity contribution in [1.29, 1.82) is 0 Å². The van der Waals surface area contributed by atoms with Gasteiger partial charge in [-0.25, -0.2) is 0 Å². The lowest BCUT2D eigenvalue weighted by atomic mass is 10.1. The minimum atomic E-state index is 0.633. The van der Waals surface area contributed by atoms with E-state index in [2.05, 4.69) is 15.5 Å². The lowest BCUT2D eigenvalue weighted by molar-refractivity contribution is 0.0786. The van der Waals surface area contributed by atoms with Gasteiger partial charge in [0.2, 0.25) is 0 Å². The first-order valence-corrected chi connectivity index (χ1v) is 6.63. The summed E-state index contributed by atoms with van der Waals surface area (Å²) in [6.07, 6.45) is 4.00. The summed E-state index contributed by atoms with van der Waals surface area (Å²) in [6.45, 7) is 2.81. The Hall–Kier alpha value is -0.590. The third-order valence-corrected chi connectivity index (χ3v) is 3.69. The van der Waals surface area contributed by atoms with E-state index in [4.69, 9.17) is 4.74 Å². The van der Waals surface area contributed by atoms with Crippen LogP contribution in [0.25, 0.3) is 0 Å². The van der Waals surface area contributed by atoms with Crippen molar-refractivity contribution in [3.05, 3.63) is 6.33 Å². The van der Waals surface area contributed by atoms with Gasteiger partial charge in [-0.1, -0.05) is 11.8 Å². The van der Waals surface area contributed by atoms with Crippen molar-refractivity contribution in [3.63, 3.8) is 0 Å². The third-order valence-electron chi connectivity index (χ3n) is 2.66. The molecule has 1 saturated heterocycles. The molecule has 6 heteroatoms. The summed E-state index contributed by atoms with van der Waals surface area (Å²) in [4.78, 5) is 0. The van der Waals surface area contributed by atoms with Crippen molar-refractivity contribution in [3.8, 4) is 0 Å². The fourth-order valence-corrected chi connectivity index (χ4v) is 2.47. The highest BCUT2D eigenvalue weighted by molar-refractivity contribution is 7.99. The molecule has 0 aliphatic carbocycles. The second kappa shape index (κ2) is 6.22. The third kappa shape index (κ3) is 3.47. The van der Waals surface area contributed by atoms with Crippen LogP contribution in [0.4, 0.5) is 0 Å². The lowest BCUT2D eigenvalue weighted by Gasteiger charge is -2.22. The van der Waals surface area contributed by atoms with Gasteiger partial charge in [-0.05, 0) is 12.8 Å². The highest BCUT2D eigenvalue weighted by Gasteiger charge is 2.12. The van der Waals surface area contributed by atoms with Crippen LogP contribution in [0, 0.1) is 0 Å².